The molecule has 1 saturated carbocycles. The zero-order valence-electron chi connectivity index (χ0n) is 10.0. The van der Waals surface area contributed by atoms with E-state index in [1.165, 1.54) is 25.7 Å². The maximum atomic E-state index is 8.97. The summed E-state index contributed by atoms with van der Waals surface area (Å²) in [5, 5.41) is 13.3. The number of thioether (sulfide) groups is 1. The third kappa shape index (κ3) is 5.23. The van der Waals surface area contributed by atoms with Crippen LogP contribution in [0.1, 0.15) is 39.5 Å². The molecule has 3 atom stereocenters. The predicted molar refractivity (Wildman–Crippen MR) is 68.4 cm³/mol. The zero-order chi connectivity index (χ0) is 11.1. The lowest BCUT2D eigenvalue weighted by atomic mass is 9.95. The Morgan fingerprint density at radius 3 is 2.93 bits per heavy atom. The molecular weight excluding hydrogens is 206 g/mol. The van der Waals surface area contributed by atoms with Gasteiger partial charge >= 0.3 is 0 Å². The second-order valence-electron chi connectivity index (χ2n) is 4.66. The molecule has 15 heavy (non-hydrogen) atoms. The summed E-state index contributed by atoms with van der Waals surface area (Å²) in [5.41, 5.74) is 0. The average Bonchev–Trinajstić information content (AvgIpc) is 2.27. The maximum absolute atomic E-state index is 8.97. The molecule has 3 unspecified atom stereocenters. The molecule has 1 rings (SSSR count). The summed E-state index contributed by atoms with van der Waals surface area (Å²) in [6.45, 7) is 5.73. The molecular formula is C12H25NOS. The van der Waals surface area contributed by atoms with Crippen molar-refractivity contribution in [3.63, 3.8) is 0 Å². The first-order valence-electron chi connectivity index (χ1n) is 6.22. The van der Waals surface area contributed by atoms with Crippen molar-refractivity contribution in [1.29, 1.82) is 0 Å². The Labute approximate surface area is 98.2 Å². The van der Waals surface area contributed by atoms with Crippen LogP contribution in [0.15, 0.2) is 0 Å². The number of hydrogen-bond acceptors (Lipinski definition) is 3. The van der Waals surface area contributed by atoms with Crippen LogP contribution in [0, 0.1) is 5.92 Å². The lowest BCUT2D eigenvalue weighted by Crippen LogP contribution is -2.35. The highest BCUT2D eigenvalue weighted by Gasteiger charge is 2.21. The monoisotopic (exact) mass is 231 g/mol. The van der Waals surface area contributed by atoms with Crippen LogP contribution < -0.4 is 5.32 Å². The Balaban J connectivity index is 2.18. The van der Waals surface area contributed by atoms with E-state index in [9.17, 15) is 0 Å². The molecule has 0 aromatic heterocycles. The van der Waals surface area contributed by atoms with Crippen molar-refractivity contribution in [2.75, 3.05) is 18.9 Å². The summed E-state index contributed by atoms with van der Waals surface area (Å²) in [6, 6.07) is 0.741. The lowest BCUT2D eigenvalue weighted by molar-refractivity contribution is 0.250. The summed E-state index contributed by atoms with van der Waals surface area (Å²) >= 11 is 2.06. The van der Waals surface area contributed by atoms with Crippen LogP contribution in [-0.4, -0.2) is 35.3 Å². The van der Waals surface area contributed by atoms with E-state index in [2.05, 4.69) is 30.9 Å². The number of rotatable bonds is 6. The summed E-state index contributed by atoms with van der Waals surface area (Å²) in [5.74, 6) is 1.56. The van der Waals surface area contributed by atoms with Gasteiger partial charge in [0.2, 0.25) is 0 Å². The molecule has 0 aromatic rings. The molecule has 1 aliphatic carbocycles. The fourth-order valence-corrected chi connectivity index (χ4v) is 3.53. The molecule has 2 nitrogen and oxygen atoms in total. The molecule has 0 heterocycles. The molecule has 1 aliphatic rings. The molecule has 0 saturated heterocycles. The van der Waals surface area contributed by atoms with Crippen molar-refractivity contribution in [3.8, 4) is 0 Å². The van der Waals surface area contributed by atoms with Gasteiger partial charge in [-0.3, -0.25) is 0 Å². The summed E-state index contributed by atoms with van der Waals surface area (Å²) in [7, 11) is 0. The minimum Gasteiger partial charge on any atom is -0.396 e. The van der Waals surface area contributed by atoms with Gasteiger partial charge in [0, 0.05) is 17.9 Å². The minimum atomic E-state index is 0.330. The first-order valence-corrected chi connectivity index (χ1v) is 7.27. The van der Waals surface area contributed by atoms with Crippen molar-refractivity contribution >= 4 is 11.8 Å². The number of aliphatic hydroxyl groups excluding tert-OH is 1. The van der Waals surface area contributed by atoms with Crippen LogP contribution >= 0.6 is 11.8 Å². The minimum absolute atomic E-state index is 0.330. The third-order valence-corrected chi connectivity index (χ3v) is 4.71. The lowest BCUT2D eigenvalue weighted by Gasteiger charge is -2.29. The fraction of sp³-hybridized carbons (Fsp3) is 1.00. The van der Waals surface area contributed by atoms with Gasteiger partial charge < -0.3 is 10.4 Å². The molecule has 0 bridgehead atoms. The first kappa shape index (κ1) is 13.3. The van der Waals surface area contributed by atoms with Crippen LogP contribution in [0.5, 0.6) is 0 Å². The van der Waals surface area contributed by atoms with Crippen LogP contribution in [0.25, 0.3) is 0 Å². The van der Waals surface area contributed by atoms with Crippen LogP contribution in [0.3, 0.4) is 0 Å². The Morgan fingerprint density at radius 2 is 2.27 bits per heavy atom. The first-order chi connectivity index (χ1) is 7.26. The van der Waals surface area contributed by atoms with Crippen LogP contribution in [0.4, 0.5) is 0 Å². The predicted octanol–water partition coefficient (Wildman–Crippen LogP) is 2.27. The van der Waals surface area contributed by atoms with Crippen molar-refractivity contribution in [1.82, 2.24) is 5.32 Å². The Hall–Kier alpha value is 0.270. The highest BCUT2D eigenvalue weighted by atomic mass is 32.2. The van der Waals surface area contributed by atoms with Gasteiger partial charge in [0.1, 0.15) is 0 Å². The SMILES string of the molecule is CCNC1CCCC(SCC(C)CO)C1. The molecule has 0 amide bonds. The summed E-state index contributed by atoms with van der Waals surface area (Å²) in [4.78, 5) is 0. The van der Waals surface area contributed by atoms with Gasteiger partial charge in [-0.2, -0.15) is 11.8 Å². The smallest absolute Gasteiger partial charge is 0.0464 e. The van der Waals surface area contributed by atoms with Gasteiger partial charge in [0.05, 0.1) is 0 Å². The van der Waals surface area contributed by atoms with Gasteiger partial charge in [-0.15, -0.1) is 0 Å². The molecule has 0 radical (unpaired) electrons. The van der Waals surface area contributed by atoms with E-state index in [-0.39, 0.29) is 0 Å². The number of hydrogen-bond donors (Lipinski definition) is 2. The van der Waals surface area contributed by atoms with Crippen molar-refractivity contribution in [3.05, 3.63) is 0 Å². The van der Waals surface area contributed by atoms with Crippen molar-refractivity contribution in [2.45, 2.75) is 50.8 Å². The van der Waals surface area contributed by atoms with Crippen molar-refractivity contribution in [2.24, 2.45) is 5.92 Å². The normalized spacial score (nSPS) is 29.0. The third-order valence-electron chi connectivity index (χ3n) is 3.05. The van der Waals surface area contributed by atoms with Crippen LogP contribution in [0.2, 0.25) is 0 Å². The summed E-state index contributed by atoms with van der Waals surface area (Å²) < 4.78 is 0. The average molecular weight is 231 g/mol. The standard InChI is InChI=1S/C12H25NOS/c1-3-13-11-5-4-6-12(7-11)15-9-10(2)8-14/h10-14H,3-9H2,1-2H3. The molecule has 2 N–H and O–H groups in total. The largest absolute Gasteiger partial charge is 0.396 e. The quantitative estimate of drug-likeness (QED) is 0.735. The Kier molecular flexibility index (Phi) is 6.69. The van der Waals surface area contributed by atoms with Gasteiger partial charge in [0.15, 0.2) is 0 Å². The van der Waals surface area contributed by atoms with Gasteiger partial charge in [0.25, 0.3) is 0 Å². The van der Waals surface area contributed by atoms with E-state index >= 15 is 0 Å². The Morgan fingerprint density at radius 1 is 1.47 bits per heavy atom. The topological polar surface area (TPSA) is 32.3 Å². The van der Waals surface area contributed by atoms with Gasteiger partial charge in [-0.1, -0.05) is 20.3 Å². The molecule has 0 spiro atoms. The number of nitrogens with one attached hydrogen (secondary N) is 1. The molecule has 90 valence electrons. The van der Waals surface area contributed by atoms with Crippen molar-refractivity contribution < 1.29 is 5.11 Å². The second-order valence-corrected chi connectivity index (χ2v) is 6.00. The highest BCUT2D eigenvalue weighted by Crippen LogP contribution is 2.29. The molecule has 1 fully saturated rings. The zero-order valence-corrected chi connectivity index (χ0v) is 10.9. The van der Waals surface area contributed by atoms with E-state index in [0.717, 1.165) is 23.6 Å². The highest BCUT2D eigenvalue weighted by molar-refractivity contribution is 7.99. The van der Waals surface area contributed by atoms with E-state index in [4.69, 9.17) is 5.11 Å². The van der Waals surface area contributed by atoms with E-state index < -0.39 is 0 Å². The number of aliphatic hydroxyl groups is 1. The fourth-order valence-electron chi connectivity index (χ4n) is 2.12. The maximum Gasteiger partial charge on any atom is 0.0464 e. The van der Waals surface area contributed by atoms with Gasteiger partial charge in [-0.05, 0) is 37.5 Å². The summed E-state index contributed by atoms with van der Waals surface area (Å²) in [6.07, 6.45) is 5.39. The van der Waals surface area contributed by atoms with E-state index in [1.807, 2.05) is 0 Å². The van der Waals surface area contributed by atoms with E-state index in [1.54, 1.807) is 0 Å². The van der Waals surface area contributed by atoms with Crippen LogP contribution in [-0.2, 0) is 0 Å². The molecule has 0 aliphatic heterocycles. The van der Waals surface area contributed by atoms with E-state index in [0.29, 0.717) is 12.5 Å². The van der Waals surface area contributed by atoms with Gasteiger partial charge in [-0.25, -0.2) is 0 Å². The molecule has 0 aromatic carbocycles. The Bertz CT molecular complexity index is 164. The second kappa shape index (κ2) is 7.53. The molecule has 3 heteroatoms.